The smallest absolute Gasteiger partial charge is 0.306 e. The molecule has 4 atom stereocenters. The number of aliphatic hydroxyl groups excluding tert-OH is 1. The molecule has 0 aromatic rings. The molecule has 5 heteroatoms. The number of carbonyl (C=O) groups excluding carboxylic acids is 2. The second-order valence-electron chi connectivity index (χ2n) is 4.13. The Kier molecular flexibility index (Phi) is 2.65. The molecule has 2 fully saturated rings. The summed E-state index contributed by atoms with van der Waals surface area (Å²) in [5.74, 6) is -0.730. The fraction of sp³-hybridized carbons (Fsp3) is 0.800. The van der Waals surface area contributed by atoms with Gasteiger partial charge in [0.05, 0.1) is 6.42 Å². The van der Waals surface area contributed by atoms with Crippen LogP contribution in [0, 0.1) is 11.8 Å². The first kappa shape index (κ1) is 10.4. The number of carbonyl (C=O) groups is 2. The average Bonchev–Trinajstić information content (AvgIpc) is 2.59. The van der Waals surface area contributed by atoms with Crippen LogP contribution in [0.4, 0.5) is 0 Å². The fourth-order valence-corrected chi connectivity index (χ4v) is 2.56. The lowest BCUT2D eigenvalue weighted by atomic mass is 9.93. The highest BCUT2D eigenvalue weighted by molar-refractivity contribution is 5.72. The molecule has 1 aliphatic carbocycles. The van der Waals surface area contributed by atoms with Gasteiger partial charge in [-0.3, -0.25) is 9.59 Å². The molecule has 0 unspecified atom stereocenters. The van der Waals surface area contributed by atoms with Crippen LogP contribution >= 0.6 is 0 Å². The maximum Gasteiger partial charge on any atom is 0.306 e. The van der Waals surface area contributed by atoms with Crippen LogP contribution in [-0.2, 0) is 19.1 Å². The molecule has 0 radical (unpaired) electrons. The summed E-state index contributed by atoms with van der Waals surface area (Å²) in [4.78, 5) is 21.9. The maximum atomic E-state index is 11.0. The van der Waals surface area contributed by atoms with Crippen LogP contribution in [0.1, 0.15) is 19.8 Å². The first-order valence-corrected chi connectivity index (χ1v) is 5.09. The Labute approximate surface area is 87.4 Å². The summed E-state index contributed by atoms with van der Waals surface area (Å²) in [6, 6.07) is 0. The van der Waals surface area contributed by atoms with Crippen molar-refractivity contribution < 1.29 is 24.2 Å². The zero-order chi connectivity index (χ0) is 11.0. The van der Waals surface area contributed by atoms with Gasteiger partial charge in [-0.25, -0.2) is 0 Å². The number of hydrogen-bond donors (Lipinski definition) is 1. The molecule has 1 N–H and O–H groups in total. The molecule has 1 heterocycles. The summed E-state index contributed by atoms with van der Waals surface area (Å²) in [7, 11) is 0. The lowest BCUT2D eigenvalue weighted by Gasteiger charge is -2.19. The predicted molar refractivity (Wildman–Crippen MR) is 48.7 cm³/mol. The Hall–Kier alpha value is -1.10. The van der Waals surface area contributed by atoms with E-state index in [-0.39, 0.29) is 42.6 Å². The van der Waals surface area contributed by atoms with Crippen molar-refractivity contribution in [1.29, 1.82) is 0 Å². The first-order valence-electron chi connectivity index (χ1n) is 5.09. The lowest BCUT2D eigenvalue weighted by molar-refractivity contribution is -0.150. The summed E-state index contributed by atoms with van der Waals surface area (Å²) in [6.45, 7) is 1.27. The minimum absolute atomic E-state index is 0.00634. The van der Waals surface area contributed by atoms with Crippen molar-refractivity contribution in [2.24, 2.45) is 11.8 Å². The standard InChI is InChI=1S/C10H14O5/c1-5(12)14-9-3-8-6(7(9)4-11)2-10(13)15-8/h6-9,11H,2-4H2,1H3/t6-,7-,8+,9-/m1/s1. The Bertz CT molecular complexity index is 288. The molecule has 5 nitrogen and oxygen atoms in total. The largest absolute Gasteiger partial charge is 0.462 e. The van der Waals surface area contributed by atoms with Crippen molar-refractivity contribution in [1.82, 2.24) is 0 Å². The number of fused-ring (bicyclic) bond motifs is 1. The molecule has 0 aromatic heterocycles. The molecule has 15 heavy (non-hydrogen) atoms. The van der Waals surface area contributed by atoms with Crippen LogP contribution in [0.25, 0.3) is 0 Å². The molecule has 0 aromatic carbocycles. The Morgan fingerprint density at radius 3 is 3.00 bits per heavy atom. The van der Waals surface area contributed by atoms with Crippen molar-refractivity contribution in [3.63, 3.8) is 0 Å². The third kappa shape index (κ3) is 1.84. The fourth-order valence-electron chi connectivity index (χ4n) is 2.56. The first-order chi connectivity index (χ1) is 7.11. The molecule has 2 rings (SSSR count). The molecule has 2 aliphatic rings. The third-order valence-electron chi connectivity index (χ3n) is 3.18. The van der Waals surface area contributed by atoms with E-state index in [1.165, 1.54) is 6.92 Å². The Balaban J connectivity index is 2.06. The van der Waals surface area contributed by atoms with E-state index in [1.807, 2.05) is 0 Å². The predicted octanol–water partition coefficient (Wildman–Crippen LogP) is -0.138. The van der Waals surface area contributed by atoms with Gasteiger partial charge in [0, 0.05) is 31.8 Å². The number of rotatable bonds is 2. The van der Waals surface area contributed by atoms with Crippen molar-refractivity contribution in [2.45, 2.75) is 32.0 Å². The van der Waals surface area contributed by atoms with Crippen molar-refractivity contribution in [3.05, 3.63) is 0 Å². The van der Waals surface area contributed by atoms with Crippen LogP contribution in [0.2, 0.25) is 0 Å². The van der Waals surface area contributed by atoms with E-state index in [9.17, 15) is 14.7 Å². The molecule has 0 spiro atoms. The summed E-state index contributed by atoms with van der Waals surface area (Å²) < 4.78 is 10.2. The van der Waals surface area contributed by atoms with Crippen molar-refractivity contribution in [2.75, 3.05) is 6.61 Å². The second-order valence-corrected chi connectivity index (χ2v) is 4.13. The van der Waals surface area contributed by atoms with E-state index in [4.69, 9.17) is 9.47 Å². The van der Waals surface area contributed by atoms with E-state index < -0.39 is 0 Å². The van der Waals surface area contributed by atoms with Gasteiger partial charge in [0.1, 0.15) is 12.2 Å². The van der Waals surface area contributed by atoms with Gasteiger partial charge >= 0.3 is 11.9 Å². The molecule has 1 aliphatic heterocycles. The quantitative estimate of drug-likeness (QED) is 0.648. The Morgan fingerprint density at radius 2 is 2.40 bits per heavy atom. The zero-order valence-corrected chi connectivity index (χ0v) is 8.51. The summed E-state index contributed by atoms with van der Waals surface area (Å²) >= 11 is 0. The average molecular weight is 214 g/mol. The summed E-state index contributed by atoms with van der Waals surface area (Å²) in [5, 5.41) is 9.22. The molecule has 0 amide bonds. The monoisotopic (exact) mass is 214 g/mol. The van der Waals surface area contributed by atoms with E-state index in [0.29, 0.717) is 12.8 Å². The number of aliphatic hydroxyl groups is 1. The van der Waals surface area contributed by atoms with Gasteiger partial charge in [-0.15, -0.1) is 0 Å². The van der Waals surface area contributed by atoms with Crippen LogP contribution < -0.4 is 0 Å². The van der Waals surface area contributed by atoms with Crippen molar-refractivity contribution >= 4 is 11.9 Å². The van der Waals surface area contributed by atoms with E-state index in [1.54, 1.807) is 0 Å². The second kappa shape index (κ2) is 3.81. The maximum absolute atomic E-state index is 11.0. The van der Waals surface area contributed by atoms with E-state index in [2.05, 4.69) is 0 Å². The number of hydrogen-bond acceptors (Lipinski definition) is 5. The topological polar surface area (TPSA) is 72.8 Å². The minimum Gasteiger partial charge on any atom is -0.462 e. The van der Waals surface area contributed by atoms with Crippen LogP contribution in [-0.4, -0.2) is 35.9 Å². The molecule has 84 valence electrons. The normalized spacial score (nSPS) is 38.7. The van der Waals surface area contributed by atoms with Crippen molar-refractivity contribution in [3.8, 4) is 0 Å². The zero-order valence-electron chi connectivity index (χ0n) is 8.51. The van der Waals surface area contributed by atoms with Gasteiger partial charge in [-0.05, 0) is 0 Å². The van der Waals surface area contributed by atoms with Gasteiger partial charge < -0.3 is 14.6 Å². The molecular weight excluding hydrogens is 200 g/mol. The highest BCUT2D eigenvalue weighted by Gasteiger charge is 2.51. The van der Waals surface area contributed by atoms with E-state index in [0.717, 1.165) is 0 Å². The van der Waals surface area contributed by atoms with Gasteiger partial charge in [0.2, 0.25) is 0 Å². The van der Waals surface area contributed by atoms with Gasteiger partial charge in [-0.1, -0.05) is 0 Å². The van der Waals surface area contributed by atoms with Crippen LogP contribution in [0.15, 0.2) is 0 Å². The highest BCUT2D eigenvalue weighted by Crippen LogP contribution is 2.42. The molecular formula is C10H14O5. The third-order valence-corrected chi connectivity index (χ3v) is 3.18. The van der Waals surface area contributed by atoms with Gasteiger partial charge in [0.15, 0.2) is 0 Å². The number of esters is 2. The van der Waals surface area contributed by atoms with Gasteiger partial charge in [0.25, 0.3) is 0 Å². The highest BCUT2D eigenvalue weighted by atomic mass is 16.6. The minimum atomic E-state index is -0.357. The van der Waals surface area contributed by atoms with Crippen LogP contribution in [0.3, 0.4) is 0 Å². The number of ether oxygens (including phenoxy) is 2. The van der Waals surface area contributed by atoms with Crippen LogP contribution in [0.5, 0.6) is 0 Å². The summed E-state index contributed by atoms with van der Waals surface area (Å²) in [6.07, 6.45) is 0.351. The van der Waals surface area contributed by atoms with Gasteiger partial charge in [-0.2, -0.15) is 0 Å². The summed E-state index contributed by atoms with van der Waals surface area (Å²) in [5.41, 5.74) is 0. The lowest BCUT2D eigenvalue weighted by Crippen LogP contribution is -2.27. The molecule has 1 saturated carbocycles. The molecule has 1 saturated heterocycles. The molecule has 0 bridgehead atoms. The SMILES string of the molecule is CC(=O)O[C@@H]1C[C@@H]2OC(=O)C[C@@H]2[C@H]1CO. The Morgan fingerprint density at radius 1 is 1.67 bits per heavy atom. The van der Waals surface area contributed by atoms with E-state index >= 15 is 0 Å².